The van der Waals surface area contributed by atoms with Crippen molar-refractivity contribution in [1.29, 1.82) is 0 Å². The van der Waals surface area contributed by atoms with Crippen molar-refractivity contribution in [2.75, 3.05) is 13.2 Å². The number of benzene rings is 2. The smallest absolute Gasteiger partial charge is 0.294 e. The van der Waals surface area contributed by atoms with Gasteiger partial charge in [-0.15, -0.1) is 0 Å². The summed E-state index contributed by atoms with van der Waals surface area (Å²) < 4.78 is 17.8. The number of fused-ring (bicyclic) bond motifs is 1. The van der Waals surface area contributed by atoms with Crippen LogP contribution in [0.3, 0.4) is 0 Å². The molecule has 0 amide bonds. The zero-order valence-corrected chi connectivity index (χ0v) is 18.6. The molecule has 0 spiro atoms. The number of nitrogens with one attached hydrogen (secondary N) is 1. The lowest BCUT2D eigenvalue weighted by molar-refractivity contribution is 0.260. The third-order valence-electron chi connectivity index (χ3n) is 5.13. The Morgan fingerprint density at radius 2 is 1.52 bits per heavy atom. The first kappa shape index (κ1) is 22.7. The van der Waals surface area contributed by atoms with Crippen LogP contribution in [0.15, 0.2) is 53.3 Å². The van der Waals surface area contributed by atoms with Crippen LogP contribution in [0.25, 0.3) is 10.9 Å². The number of rotatable bonds is 13. The Morgan fingerprint density at radius 1 is 0.774 bits per heavy atom. The molecule has 0 aliphatic carbocycles. The first-order chi connectivity index (χ1) is 15.2. The minimum Gasteiger partial charge on any atom is -0.489 e. The van der Waals surface area contributed by atoms with Gasteiger partial charge in [0.25, 0.3) is 5.56 Å². The van der Waals surface area contributed by atoms with Gasteiger partial charge in [0.05, 0.1) is 18.7 Å². The van der Waals surface area contributed by atoms with Gasteiger partial charge in [0.15, 0.2) is 5.75 Å². The van der Waals surface area contributed by atoms with Gasteiger partial charge in [0, 0.05) is 11.5 Å². The van der Waals surface area contributed by atoms with E-state index in [9.17, 15) is 4.79 Å². The van der Waals surface area contributed by atoms with Crippen molar-refractivity contribution in [1.82, 2.24) is 4.98 Å². The highest BCUT2D eigenvalue weighted by molar-refractivity contribution is 5.88. The lowest BCUT2D eigenvalue weighted by Gasteiger charge is -2.15. The summed E-state index contributed by atoms with van der Waals surface area (Å²) in [7, 11) is 0. The van der Waals surface area contributed by atoms with Gasteiger partial charge < -0.3 is 19.2 Å². The Balaban J connectivity index is 1.83. The summed E-state index contributed by atoms with van der Waals surface area (Å²) in [6, 6.07) is 15.7. The van der Waals surface area contributed by atoms with Gasteiger partial charge in [-0.05, 0) is 30.5 Å². The lowest BCUT2D eigenvalue weighted by Crippen LogP contribution is -2.15. The summed E-state index contributed by atoms with van der Waals surface area (Å²) >= 11 is 0. The van der Waals surface area contributed by atoms with Crippen LogP contribution in [0.4, 0.5) is 0 Å². The van der Waals surface area contributed by atoms with Crippen molar-refractivity contribution >= 4 is 10.9 Å². The zero-order chi connectivity index (χ0) is 21.9. The number of hydrogen-bond donors (Lipinski definition) is 1. The second kappa shape index (κ2) is 12.0. The molecule has 1 aromatic heterocycles. The van der Waals surface area contributed by atoms with E-state index in [-0.39, 0.29) is 11.3 Å². The highest BCUT2D eigenvalue weighted by Crippen LogP contribution is 2.34. The van der Waals surface area contributed by atoms with Crippen LogP contribution in [0.5, 0.6) is 17.2 Å². The van der Waals surface area contributed by atoms with Crippen molar-refractivity contribution in [3.05, 3.63) is 64.4 Å². The second-order valence-corrected chi connectivity index (χ2v) is 7.71. The van der Waals surface area contributed by atoms with Crippen LogP contribution >= 0.6 is 0 Å². The first-order valence-corrected chi connectivity index (χ1v) is 11.3. The zero-order valence-electron chi connectivity index (χ0n) is 18.6. The van der Waals surface area contributed by atoms with Gasteiger partial charge in [0.1, 0.15) is 12.4 Å². The number of pyridine rings is 1. The standard InChI is InChI=1S/C26H33NO4/c1-3-5-7-11-17-29-24-22-15-14-21(31-19-20-12-9-8-10-13-20)18-23(22)27-26(28)25(24)30-16-6-4-2/h8-10,12-15,18H,3-7,11,16-17,19H2,1-2H3,(H,27,28). The number of aromatic amines is 1. The molecule has 0 aliphatic heterocycles. The van der Waals surface area contributed by atoms with E-state index in [1.165, 1.54) is 12.8 Å². The fourth-order valence-corrected chi connectivity index (χ4v) is 3.36. The number of hydrogen-bond acceptors (Lipinski definition) is 4. The molecule has 0 aliphatic rings. The molecule has 0 fully saturated rings. The Hall–Kier alpha value is -2.95. The average Bonchev–Trinajstić information content (AvgIpc) is 2.79. The summed E-state index contributed by atoms with van der Waals surface area (Å²) in [5.41, 5.74) is 1.50. The molecule has 1 N–H and O–H groups in total. The molecule has 166 valence electrons. The number of unbranched alkanes of at least 4 members (excludes halogenated alkanes) is 4. The summed E-state index contributed by atoms with van der Waals surface area (Å²) in [6.45, 7) is 5.80. The third kappa shape index (κ3) is 6.51. The predicted octanol–water partition coefficient (Wildman–Crippen LogP) is 6.25. The van der Waals surface area contributed by atoms with E-state index in [0.29, 0.717) is 36.8 Å². The average molecular weight is 424 g/mol. The van der Waals surface area contributed by atoms with Crippen LogP contribution in [-0.4, -0.2) is 18.2 Å². The van der Waals surface area contributed by atoms with Gasteiger partial charge in [-0.25, -0.2) is 0 Å². The maximum Gasteiger partial charge on any atom is 0.294 e. The van der Waals surface area contributed by atoms with Crippen LogP contribution in [0, 0.1) is 0 Å². The highest BCUT2D eigenvalue weighted by Gasteiger charge is 2.16. The maximum absolute atomic E-state index is 12.8. The second-order valence-electron chi connectivity index (χ2n) is 7.71. The largest absolute Gasteiger partial charge is 0.489 e. The van der Waals surface area contributed by atoms with Crippen LogP contribution in [0.1, 0.15) is 57.9 Å². The molecule has 5 heteroatoms. The van der Waals surface area contributed by atoms with Crippen molar-refractivity contribution in [2.24, 2.45) is 0 Å². The molecular weight excluding hydrogens is 390 g/mol. The summed E-state index contributed by atoms with van der Waals surface area (Å²) in [5.74, 6) is 1.50. The Morgan fingerprint density at radius 3 is 2.29 bits per heavy atom. The minimum absolute atomic E-state index is 0.271. The van der Waals surface area contributed by atoms with E-state index in [1.807, 2.05) is 48.5 Å². The van der Waals surface area contributed by atoms with E-state index >= 15 is 0 Å². The van der Waals surface area contributed by atoms with Gasteiger partial charge in [-0.3, -0.25) is 4.79 Å². The molecule has 3 aromatic rings. The van der Waals surface area contributed by atoms with E-state index in [1.54, 1.807) is 0 Å². The van der Waals surface area contributed by atoms with Gasteiger partial charge in [-0.2, -0.15) is 0 Å². The topological polar surface area (TPSA) is 60.5 Å². The molecule has 0 atom stereocenters. The molecule has 1 heterocycles. The van der Waals surface area contributed by atoms with Gasteiger partial charge >= 0.3 is 0 Å². The molecular formula is C26H33NO4. The lowest BCUT2D eigenvalue weighted by atomic mass is 10.1. The van der Waals surface area contributed by atoms with Crippen LogP contribution < -0.4 is 19.8 Å². The predicted molar refractivity (Wildman–Crippen MR) is 125 cm³/mol. The third-order valence-corrected chi connectivity index (χ3v) is 5.13. The number of H-pyrrole nitrogens is 1. The molecule has 0 saturated carbocycles. The first-order valence-electron chi connectivity index (χ1n) is 11.3. The van der Waals surface area contributed by atoms with Crippen molar-refractivity contribution in [3.63, 3.8) is 0 Å². The van der Waals surface area contributed by atoms with E-state index < -0.39 is 0 Å². The Bertz CT molecular complexity index is 997. The highest BCUT2D eigenvalue weighted by atomic mass is 16.5. The molecule has 5 nitrogen and oxygen atoms in total. The SMILES string of the molecule is CCCCCCOc1c(OCCCC)c(=O)[nH]c2cc(OCc3ccccc3)ccc12. The number of aromatic nitrogens is 1. The van der Waals surface area contributed by atoms with Crippen LogP contribution in [-0.2, 0) is 6.61 Å². The minimum atomic E-state index is -0.271. The molecule has 0 saturated heterocycles. The van der Waals surface area contributed by atoms with Crippen LogP contribution in [0.2, 0.25) is 0 Å². The Kier molecular flexibility index (Phi) is 8.83. The summed E-state index contributed by atoms with van der Waals surface area (Å²) in [4.78, 5) is 15.7. The molecule has 0 radical (unpaired) electrons. The van der Waals surface area contributed by atoms with E-state index in [2.05, 4.69) is 18.8 Å². The normalized spacial score (nSPS) is 10.9. The molecule has 0 unspecified atom stereocenters. The molecule has 3 rings (SSSR count). The quantitative estimate of drug-likeness (QED) is 0.330. The monoisotopic (exact) mass is 423 g/mol. The summed E-state index contributed by atoms with van der Waals surface area (Å²) in [5, 5.41) is 0.827. The molecule has 0 bridgehead atoms. The van der Waals surface area contributed by atoms with Crippen molar-refractivity contribution < 1.29 is 14.2 Å². The fraction of sp³-hybridized carbons (Fsp3) is 0.423. The number of ether oxygens (including phenoxy) is 3. The fourth-order valence-electron chi connectivity index (χ4n) is 3.36. The van der Waals surface area contributed by atoms with Gasteiger partial charge in [-0.1, -0.05) is 69.9 Å². The molecule has 31 heavy (non-hydrogen) atoms. The maximum atomic E-state index is 12.8. The Labute approximate surface area is 184 Å². The van der Waals surface area contributed by atoms with E-state index in [0.717, 1.165) is 36.6 Å². The van der Waals surface area contributed by atoms with E-state index in [4.69, 9.17) is 14.2 Å². The van der Waals surface area contributed by atoms with Crippen molar-refractivity contribution in [2.45, 2.75) is 59.0 Å². The van der Waals surface area contributed by atoms with Gasteiger partial charge in [0.2, 0.25) is 5.75 Å². The van der Waals surface area contributed by atoms with Crippen molar-refractivity contribution in [3.8, 4) is 17.2 Å². The molecule has 2 aromatic carbocycles. The summed E-state index contributed by atoms with van der Waals surface area (Å²) in [6.07, 6.45) is 6.31.